The van der Waals surface area contributed by atoms with Gasteiger partial charge in [-0.15, -0.1) is 11.3 Å². The molecule has 0 amide bonds. The molecule has 1 fully saturated rings. The third-order valence-electron chi connectivity index (χ3n) is 3.94. The summed E-state index contributed by atoms with van der Waals surface area (Å²) in [4.78, 5) is 9.92. The summed E-state index contributed by atoms with van der Waals surface area (Å²) in [5, 5.41) is 6.85. The van der Waals surface area contributed by atoms with Gasteiger partial charge in [-0.1, -0.05) is 6.92 Å². The van der Waals surface area contributed by atoms with E-state index < -0.39 is 0 Å². The van der Waals surface area contributed by atoms with Gasteiger partial charge in [0.05, 0.1) is 6.54 Å². The average Bonchev–Trinajstić information content (AvgIpc) is 3.10. The molecule has 0 aliphatic carbocycles. The molecule has 2 N–H and O–H groups in total. The van der Waals surface area contributed by atoms with E-state index in [9.17, 15) is 0 Å². The number of aryl methyl sites for hydroxylation is 1. The summed E-state index contributed by atoms with van der Waals surface area (Å²) < 4.78 is 0. The summed E-state index contributed by atoms with van der Waals surface area (Å²) in [7, 11) is 0. The van der Waals surface area contributed by atoms with Crippen LogP contribution in [-0.4, -0.2) is 43.1 Å². The number of likely N-dealkylation sites (tertiary alicyclic amines) is 1. The average molecular weight is 308 g/mol. The Balaban J connectivity index is 1.86. The van der Waals surface area contributed by atoms with Crippen LogP contribution in [0.2, 0.25) is 0 Å². The number of hydrogen-bond donors (Lipinski definition) is 2. The molecule has 4 nitrogen and oxygen atoms in total. The molecular weight excluding hydrogens is 280 g/mol. The van der Waals surface area contributed by atoms with Crippen molar-refractivity contribution in [2.45, 2.75) is 46.2 Å². The van der Waals surface area contributed by atoms with Crippen molar-refractivity contribution in [1.82, 2.24) is 15.5 Å². The fraction of sp³-hybridized carbons (Fsp3) is 0.688. The van der Waals surface area contributed by atoms with E-state index in [4.69, 9.17) is 4.99 Å². The lowest BCUT2D eigenvalue weighted by atomic mass is 10.2. The molecule has 0 aromatic carbocycles. The SMILES string of the molecule is CCNC(=NCc1ccc(C)s1)NCC1CCCN1CC. The number of nitrogens with zero attached hydrogens (tertiary/aromatic N) is 2. The number of hydrogen-bond acceptors (Lipinski definition) is 3. The molecule has 1 aliphatic heterocycles. The first-order chi connectivity index (χ1) is 10.2. The van der Waals surface area contributed by atoms with Crippen molar-refractivity contribution in [3.63, 3.8) is 0 Å². The van der Waals surface area contributed by atoms with Gasteiger partial charge in [-0.2, -0.15) is 0 Å². The smallest absolute Gasteiger partial charge is 0.191 e. The number of rotatable bonds is 6. The van der Waals surface area contributed by atoms with Crippen molar-refractivity contribution in [3.8, 4) is 0 Å². The molecule has 1 aliphatic rings. The second kappa shape index (κ2) is 8.39. The Hall–Kier alpha value is -1.07. The number of aliphatic imine (C=N–C) groups is 1. The Morgan fingerprint density at radius 3 is 2.90 bits per heavy atom. The summed E-state index contributed by atoms with van der Waals surface area (Å²) in [5.41, 5.74) is 0. The first-order valence-electron chi connectivity index (χ1n) is 8.04. The molecule has 2 heterocycles. The molecule has 0 saturated carbocycles. The number of nitrogens with one attached hydrogen (secondary N) is 2. The predicted molar refractivity (Wildman–Crippen MR) is 92.1 cm³/mol. The molecule has 1 atom stereocenters. The summed E-state index contributed by atoms with van der Waals surface area (Å²) in [6.45, 7) is 11.5. The minimum absolute atomic E-state index is 0.655. The second-order valence-corrected chi connectivity index (χ2v) is 6.89. The maximum absolute atomic E-state index is 4.70. The van der Waals surface area contributed by atoms with Crippen LogP contribution in [0.3, 0.4) is 0 Å². The number of guanidine groups is 1. The Morgan fingerprint density at radius 2 is 2.24 bits per heavy atom. The van der Waals surface area contributed by atoms with Gasteiger partial charge >= 0.3 is 0 Å². The molecule has 1 aromatic rings. The molecule has 21 heavy (non-hydrogen) atoms. The molecule has 5 heteroatoms. The topological polar surface area (TPSA) is 39.7 Å². The van der Waals surface area contributed by atoms with Gasteiger partial charge in [0.1, 0.15) is 0 Å². The third-order valence-corrected chi connectivity index (χ3v) is 4.93. The zero-order valence-corrected chi connectivity index (χ0v) is 14.3. The number of likely N-dealkylation sites (N-methyl/N-ethyl adjacent to an activating group) is 1. The van der Waals surface area contributed by atoms with E-state index in [1.807, 2.05) is 11.3 Å². The summed E-state index contributed by atoms with van der Waals surface area (Å²) in [5.74, 6) is 0.937. The molecule has 0 radical (unpaired) electrons. The summed E-state index contributed by atoms with van der Waals surface area (Å²) in [6.07, 6.45) is 2.62. The van der Waals surface area contributed by atoms with Gasteiger partial charge in [0.15, 0.2) is 5.96 Å². The third kappa shape index (κ3) is 5.00. The van der Waals surface area contributed by atoms with Gasteiger partial charge in [-0.05, 0) is 51.9 Å². The van der Waals surface area contributed by atoms with Crippen molar-refractivity contribution in [1.29, 1.82) is 0 Å². The highest BCUT2D eigenvalue weighted by Crippen LogP contribution is 2.16. The van der Waals surface area contributed by atoms with Crippen LogP contribution in [0.4, 0.5) is 0 Å². The molecular formula is C16H28N4S. The van der Waals surface area contributed by atoms with Crippen LogP contribution in [-0.2, 0) is 6.54 Å². The van der Waals surface area contributed by atoms with Crippen molar-refractivity contribution in [2.24, 2.45) is 4.99 Å². The van der Waals surface area contributed by atoms with E-state index in [-0.39, 0.29) is 0 Å². The monoisotopic (exact) mass is 308 g/mol. The lowest BCUT2D eigenvalue weighted by molar-refractivity contribution is 0.267. The van der Waals surface area contributed by atoms with Crippen molar-refractivity contribution in [2.75, 3.05) is 26.2 Å². The van der Waals surface area contributed by atoms with Crippen LogP contribution in [0.25, 0.3) is 0 Å². The van der Waals surface area contributed by atoms with E-state index in [1.165, 1.54) is 29.1 Å². The van der Waals surface area contributed by atoms with Crippen LogP contribution in [0.5, 0.6) is 0 Å². The van der Waals surface area contributed by atoms with Crippen LogP contribution in [0.1, 0.15) is 36.4 Å². The van der Waals surface area contributed by atoms with Gasteiger partial charge in [0.25, 0.3) is 0 Å². The van der Waals surface area contributed by atoms with Crippen LogP contribution >= 0.6 is 11.3 Å². The minimum Gasteiger partial charge on any atom is -0.357 e. The molecule has 2 rings (SSSR count). The van der Waals surface area contributed by atoms with Crippen LogP contribution < -0.4 is 10.6 Å². The molecule has 1 aromatic heterocycles. The van der Waals surface area contributed by atoms with Gasteiger partial charge < -0.3 is 10.6 Å². The Bertz CT molecular complexity index is 455. The highest BCUT2D eigenvalue weighted by atomic mass is 32.1. The molecule has 0 bridgehead atoms. The highest BCUT2D eigenvalue weighted by molar-refractivity contribution is 7.11. The Labute approximate surface area is 132 Å². The molecule has 1 saturated heterocycles. The molecule has 0 spiro atoms. The zero-order chi connectivity index (χ0) is 15.1. The van der Waals surface area contributed by atoms with Gasteiger partial charge in [-0.3, -0.25) is 4.90 Å². The standard InChI is InChI=1S/C16H28N4S/c1-4-17-16(19-12-15-9-8-13(3)21-15)18-11-14-7-6-10-20(14)5-2/h8-9,14H,4-7,10-12H2,1-3H3,(H2,17,18,19). The Morgan fingerprint density at radius 1 is 1.38 bits per heavy atom. The van der Waals surface area contributed by atoms with E-state index in [0.29, 0.717) is 6.04 Å². The normalized spacial score (nSPS) is 20.0. The first kappa shape index (κ1) is 16.3. The summed E-state index contributed by atoms with van der Waals surface area (Å²) >= 11 is 1.82. The fourth-order valence-electron chi connectivity index (χ4n) is 2.83. The van der Waals surface area contributed by atoms with Crippen molar-refractivity contribution in [3.05, 3.63) is 21.9 Å². The van der Waals surface area contributed by atoms with E-state index >= 15 is 0 Å². The fourth-order valence-corrected chi connectivity index (χ4v) is 3.64. The Kier molecular flexibility index (Phi) is 6.51. The van der Waals surface area contributed by atoms with E-state index in [1.54, 1.807) is 0 Å². The largest absolute Gasteiger partial charge is 0.357 e. The lowest BCUT2D eigenvalue weighted by Gasteiger charge is -2.23. The maximum Gasteiger partial charge on any atom is 0.191 e. The number of thiophene rings is 1. The van der Waals surface area contributed by atoms with Gasteiger partial charge in [0, 0.05) is 28.9 Å². The van der Waals surface area contributed by atoms with Gasteiger partial charge in [-0.25, -0.2) is 4.99 Å². The highest BCUT2D eigenvalue weighted by Gasteiger charge is 2.22. The zero-order valence-electron chi connectivity index (χ0n) is 13.5. The van der Waals surface area contributed by atoms with Crippen LogP contribution in [0, 0.1) is 6.92 Å². The summed E-state index contributed by atoms with van der Waals surface area (Å²) in [6, 6.07) is 4.99. The first-order valence-corrected chi connectivity index (χ1v) is 8.86. The van der Waals surface area contributed by atoms with Crippen molar-refractivity contribution < 1.29 is 0 Å². The van der Waals surface area contributed by atoms with Crippen LogP contribution in [0.15, 0.2) is 17.1 Å². The maximum atomic E-state index is 4.70. The van der Waals surface area contributed by atoms with Gasteiger partial charge in [0.2, 0.25) is 0 Å². The predicted octanol–water partition coefficient (Wildman–Crippen LogP) is 2.60. The van der Waals surface area contributed by atoms with E-state index in [2.05, 4.69) is 48.4 Å². The second-order valence-electron chi connectivity index (χ2n) is 5.51. The quantitative estimate of drug-likeness (QED) is 0.627. The molecule has 118 valence electrons. The van der Waals surface area contributed by atoms with Crippen molar-refractivity contribution >= 4 is 17.3 Å². The molecule has 1 unspecified atom stereocenters. The minimum atomic E-state index is 0.655. The lowest BCUT2D eigenvalue weighted by Crippen LogP contribution is -2.44. The van der Waals surface area contributed by atoms with E-state index in [0.717, 1.165) is 32.1 Å².